The lowest BCUT2D eigenvalue weighted by Gasteiger charge is -2.20. The van der Waals surface area contributed by atoms with Gasteiger partial charge in [0, 0.05) is 12.7 Å². The number of hydrogen-bond acceptors (Lipinski definition) is 4. The molecule has 2 aromatic rings. The molecule has 0 bridgehead atoms. The molecule has 0 aliphatic carbocycles. The molecule has 6 heteroatoms. The van der Waals surface area contributed by atoms with E-state index in [2.05, 4.69) is 10.3 Å². The maximum Gasteiger partial charge on any atom is 0.407 e. The number of nitrogens with one attached hydrogen (secondary N) is 1. The molecule has 0 radical (unpaired) electrons. The molecule has 0 saturated carbocycles. The van der Waals surface area contributed by atoms with Gasteiger partial charge in [-0.05, 0) is 32.9 Å². The molecule has 6 nitrogen and oxygen atoms in total. The zero-order chi connectivity index (χ0) is 14.8. The Morgan fingerprint density at radius 2 is 2.25 bits per heavy atom. The van der Waals surface area contributed by atoms with Crippen molar-refractivity contribution in [2.24, 2.45) is 5.73 Å². The minimum absolute atomic E-state index is 0.289. The Morgan fingerprint density at radius 3 is 2.95 bits per heavy atom. The Hall–Kier alpha value is -2.08. The molecule has 0 aromatic carbocycles. The van der Waals surface area contributed by atoms with E-state index in [0.29, 0.717) is 0 Å². The van der Waals surface area contributed by atoms with Crippen molar-refractivity contribution in [2.75, 3.05) is 6.54 Å². The van der Waals surface area contributed by atoms with E-state index in [4.69, 9.17) is 10.5 Å². The van der Waals surface area contributed by atoms with Gasteiger partial charge in [-0.25, -0.2) is 9.78 Å². The van der Waals surface area contributed by atoms with Crippen LogP contribution in [0.3, 0.4) is 0 Å². The van der Waals surface area contributed by atoms with Crippen molar-refractivity contribution in [3.05, 3.63) is 36.3 Å². The van der Waals surface area contributed by atoms with Gasteiger partial charge in [0.15, 0.2) is 0 Å². The number of carbonyl (C=O) groups is 1. The highest BCUT2D eigenvalue weighted by atomic mass is 16.6. The molecule has 0 fully saturated rings. The van der Waals surface area contributed by atoms with Crippen molar-refractivity contribution in [1.29, 1.82) is 0 Å². The summed E-state index contributed by atoms with van der Waals surface area (Å²) in [7, 11) is 0. The van der Waals surface area contributed by atoms with E-state index in [1.54, 1.807) is 6.20 Å². The van der Waals surface area contributed by atoms with Crippen LogP contribution < -0.4 is 11.1 Å². The Bertz CT molecular complexity index is 600. The number of alkyl carbamates (subject to hydrolysis) is 1. The van der Waals surface area contributed by atoms with Crippen LogP contribution in [-0.4, -0.2) is 27.6 Å². The molecular formula is C14H20N4O2. The SMILES string of the molecule is CC(C)(C)OC(=O)NCC(N)c1cnc2ccccn12. The highest BCUT2D eigenvalue weighted by Crippen LogP contribution is 2.13. The van der Waals surface area contributed by atoms with Gasteiger partial charge in [-0.3, -0.25) is 0 Å². The zero-order valence-corrected chi connectivity index (χ0v) is 12.0. The first-order valence-electron chi connectivity index (χ1n) is 6.51. The first-order valence-corrected chi connectivity index (χ1v) is 6.51. The van der Waals surface area contributed by atoms with E-state index in [1.807, 2.05) is 49.6 Å². The smallest absolute Gasteiger partial charge is 0.407 e. The number of hydrogen-bond donors (Lipinski definition) is 2. The maximum atomic E-state index is 11.6. The molecule has 2 heterocycles. The molecule has 2 rings (SSSR count). The zero-order valence-electron chi connectivity index (χ0n) is 12.0. The fourth-order valence-corrected chi connectivity index (χ4v) is 1.84. The summed E-state index contributed by atoms with van der Waals surface area (Å²) in [6, 6.07) is 5.38. The number of aromatic nitrogens is 2. The Morgan fingerprint density at radius 1 is 1.50 bits per heavy atom. The highest BCUT2D eigenvalue weighted by Gasteiger charge is 2.18. The first kappa shape index (κ1) is 14.3. The minimum atomic E-state index is -0.516. The molecule has 1 amide bonds. The fourth-order valence-electron chi connectivity index (χ4n) is 1.84. The number of rotatable bonds is 3. The van der Waals surface area contributed by atoms with Gasteiger partial charge in [0.25, 0.3) is 0 Å². The van der Waals surface area contributed by atoms with Gasteiger partial charge in [-0.2, -0.15) is 0 Å². The third kappa shape index (κ3) is 3.48. The molecular weight excluding hydrogens is 256 g/mol. The summed E-state index contributed by atoms with van der Waals surface area (Å²) < 4.78 is 7.07. The van der Waals surface area contributed by atoms with E-state index in [-0.39, 0.29) is 12.6 Å². The molecule has 1 unspecified atom stereocenters. The number of nitrogens with zero attached hydrogens (tertiary/aromatic N) is 2. The van der Waals surface area contributed by atoms with Gasteiger partial charge in [0.1, 0.15) is 11.2 Å². The van der Waals surface area contributed by atoms with Crippen molar-refractivity contribution in [3.8, 4) is 0 Å². The highest BCUT2D eigenvalue weighted by molar-refractivity contribution is 5.67. The van der Waals surface area contributed by atoms with Crippen LogP contribution in [0, 0.1) is 0 Å². The Labute approximate surface area is 117 Å². The third-order valence-corrected chi connectivity index (χ3v) is 2.69. The standard InChI is InChI=1S/C14H20N4O2/c1-14(2,3)20-13(19)17-8-10(15)11-9-16-12-6-4-5-7-18(11)12/h4-7,9-10H,8,15H2,1-3H3,(H,17,19). The number of carbonyl (C=O) groups excluding carboxylic acids is 1. The number of imidazole rings is 1. The molecule has 0 saturated heterocycles. The van der Waals surface area contributed by atoms with Crippen LogP contribution in [0.2, 0.25) is 0 Å². The number of ether oxygens (including phenoxy) is 1. The summed E-state index contributed by atoms with van der Waals surface area (Å²) in [5.74, 6) is 0. The van der Waals surface area contributed by atoms with Gasteiger partial charge in [0.2, 0.25) is 0 Å². The van der Waals surface area contributed by atoms with Crippen molar-refractivity contribution >= 4 is 11.7 Å². The molecule has 0 spiro atoms. The normalized spacial score (nSPS) is 13.2. The van der Waals surface area contributed by atoms with Crippen molar-refractivity contribution in [1.82, 2.24) is 14.7 Å². The van der Waals surface area contributed by atoms with E-state index in [0.717, 1.165) is 11.3 Å². The summed E-state index contributed by atoms with van der Waals surface area (Å²) >= 11 is 0. The lowest BCUT2D eigenvalue weighted by atomic mass is 10.2. The van der Waals surface area contributed by atoms with E-state index >= 15 is 0 Å². The lowest BCUT2D eigenvalue weighted by Crippen LogP contribution is -2.36. The number of amides is 1. The van der Waals surface area contributed by atoms with Gasteiger partial charge in [-0.1, -0.05) is 6.07 Å². The van der Waals surface area contributed by atoms with E-state index < -0.39 is 11.7 Å². The molecule has 2 aromatic heterocycles. The second-order valence-corrected chi connectivity index (χ2v) is 5.60. The Kier molecular flexibility index (Phi) is 3.94. The van der Waals surface area contributed by atoms with Crippen LogP contribution >= 0.6 is 0 Å². The maximum absolute atomic E-state index is 11.6. The van der Waals surface area contributed by atoms with Crippen LogP contribution in [0.4, 0.5) is 4.79 Å². The average Bonchev–Trinajstić information content (AvgIpc) is 2.78. The second kappa shape index (κ2) is 5.50. The quantitative estimate of drug-likeness (QED) is 0.896. The lowest BCUT2D eigenvalue weighted by molar-refractivity contribution is 0.0524. The third-order valence-electron chi connectivity index (χ3n) is 2.69. The van der Waals surface area contributed by atoms with E-state index in [9.17, 15) is 4.79 Å². The summed E-state index contributed by atoms with van der Waals surface area (Å²) in [6.07, 6.45) is 3.14. The predicted octanol–water partition coefficient (Wildman–Crippen LogP) is 1.86. The van der Waals surface area contributed by atoms with Gasteiger partial charge < -0.3 is 20.2 Å². The van der Waals surface area contributed by atoms with E-state index in [1.165, 1.54) is 0 Å². The molecule has 108 valence electrons. The molecule has 20 heavy (non-hydrogen) atoms. The summed E-state index contributed by atoms with van der Waals surface area (Å²) in [5.41, 5.74) is 7.24. The number of nitrogens with two attached hydrogens (primary N) is 1. The topological polar surface area (TPSA) is 81.6 Å². The van der Waals surface area contributed by atoms with Crippen molar-refractivity contribution < 1.29 is 9.53 Å². The van der Waals surface area contributed by atoms with Gasteiger partial charge in [-0.15, -0.1) is 0 Å². The van der Waals surface area contributed by atoms with Crippen LogP contribution in [0.25, 0.3) is 5.65 Å². The van der Waals surface area contributed by atoms with Crippen LogP contribution in [-0.2, 0) is 4.74 Å². The fraction of sp³-hybridized carbons (Fsp3) is 0.429. The van der Waals surface area contributed by atoms with Crippen molar-refractivity contribution in [2.45, 2.75) is 32.4 Å². The van der Waals surface area contributed by atoms with Gasteiger partial charge in [0.05, 0.1) is 17.9 Å². The molecule has 0 aliphatic heterocycles. The Balaban J connectivity index is 1.99. The predicted molar refractivity (Wildman–Crippen MR) is 76.4 cm³/mol. The largest absolute Gasteiger partial charge is 0.444 e. The monoisotopic (exact) mass is 276 g/mol. The summed E-state index contributed by atoms with van der Waals surface area (Å²) in [5, 5.41) is 2.66. The second-order valence-electron chi connectivity index (χ2n) is 5.60. The van der Waals surface area contributed by atoms with Gasteiger partial charge >= 0.3 is 6.09 Å². The first-order chi connectivity index (χ1) is 9.37. The number of fused-ring (bicyclic) bond motifs is 1. The van der Waals surface area contributed by atoms with Crippen LogP contribution in [0.1, 0.15) is 32.5 Å². The van der Waals surface area contributed by atoms with Crippen molar-refractivity contribution in [3.63, 3.8) is 0 Å². The van der Waals surface area contributed by atoms with Crippen LogP contribution in [0.5, 0.6) is 0 Å². The average molecular weight is 276 g/mol. The minimum Gasteiger partial charge on any atom is -0.444 e. The molecule has 0 aliphatic rings. The summed E-state index contributed by atoms with van der Waals surface area (Å²) in [6.45, 7) is 5.74. The number of pyridine rings is 1. The molecule has 1 atom stereocenters. The summed E-state index contributed by atoms with van der Waals surface area (Å²) in [4.78, 5) is 15.9. The van der Waals surface area contributed by atoms with Crippen LogP contribution in [0.15, 0.2) is 30.6 Å². The molecule has 3 N–H and O–H groups in total.